The van der Waals surface area contributed by atoms with Gasteiger partial charge in [0.25, 0.3) is 5.91 Å². The SMILES string of the molecule is CS/C(=C(\C#N)C(N)=O)c1ccc(Cl)cc1. The standard InChI is InChI=1S/C11H9ClN2OS/c1-16-10(9(6-13)11(14)15)7-2-4-8(12)5-3-7/h2-5H,1H3,(H2,14,15)/b10-9+. The van der Waals surface area contributed by atoms with E-state index in [-0.39, 0.29) is 5.57 Å². The molecule has 0 aromatic heterocycles. The molecule has 1 aromatic carbocycles. The number of thioether (sulfide) groups is 1. The van der Waals surface area contributed by atoms with Gasteiger partial charge in [-0.05, 0) is 24.0 Å². The summed E-state index contributed by atoms with van der Waals surface area (Å²) in [7, 11) is 0. The van der Waals surface area contributed by atoms with Gasteiger partial charge in [-0.15, -0.1) is 11.8 Å². The van der Waals surface area contributed by atoms with Gasteiger partial charge in [0, 0.05) is 9.93 Å². The van der Waals surface area contributed by atoms with E-state index in [2.05, 4.69) is 0 Å². The summed E-state index contributed by atoms with van der Waals surface area (Å²) < 4.78 is 0. The Morgan fingerprint density at radius 2 is 2.00 bits per heavy atom. The molecule has 0 aliphatic carbocycles. The van der Waals surface area contributed by atoms with Gasteiger partial charge < -0.3 is 5.73 Å². The number of halogens is 1. The molecular weight excluding hydrogens is 244 g/mol. The fourth-order valence-corrected chi connectivity index (χ4v) is 2.03. The maximum atomic E-state index is 11.1. The van der Waals surface area contributed by atoms with Gasteiger partial charge in [0.05, 0.1) is 0 Å². The Labute approximate surface area is 103 Å². The predicted molar refractivity (Wildman–Crippen MR) is 66.7 cm³/mol. The van der Waals surface area contributed by atoms with Crippen LogP contribution in [0.1, 0.15) is 5.56 Å². The molecule has 0 spiro atoms. The zero-order valence-electron chi connectivity index (χ0n) is 8.53. The van der Waals surface area contributed by atoms with E-state index in [0.717, 1.165) is 5.56 Å². The summed E-state index contributed by atoms with van der Waals surface area (Å²) in [5.74, 6) is -0.721. The first-order valence-electron chi connectivity index (χ1n) is 4.34. The van der Waals surface area contributed by atoms with Crippen molar-refractivity contribution in [3.05, 3.63) is 40.4 Å². The van der Waals surface area contributed by atoms with Crippen molar-refractivity contribution in [3.8, 4) is 6.07 Å². The molecule has 0 radical (unpaired) electrons. The van der Waals surface area contributed by atoms with E-state index in [9.17, 15) is 4.79 Å². The van der Waals surface area contributed by atoms with Gasteiger partial charge in [0.15, 0.2) is 0 Å². The Bertz CT molecular complexity index is 474. The third-order valence-corrected chi connectivity index (χ3v) is 3.00. The first-order valence-corrected chi connectivity index (χ1v) is 5.94. The number of benzene rings is 1. The smallest absolute Gasteiger partial charge is 0.260 e. The number of carbonyl (C=O) groups is 1. The van der Waals surface area contributed by atoms with E-state index in [0.29, 0.717) is 9.93 Å². The molecule has 3 nitrogen and oxygen atoms in total. The van der Waals surface area contributed by atoms with E-state index in [1.165, 1.54) is 11.8 Å². The highest BCUT2D eigenvalue weighted by molar-refractivity contribution is 8.07. The Morgan fingerprint density at radius 1 is 1.44 bits per heavy atom. The molecule has 0 saturated carbocycles. The van der Waals surface area contributed by atoms with Crippen molar-refractivity contribution in [2.24, 2.45) is 5.73 Å². The molecule has 16 heavy (non-hydrogen) atoms. The van der Waals surface area contributed by atoms with Gasteiger partial charge in [-0.25, -0.2) is 0 Å². The predicted octanol–water partition coefficient (Wildman–Crippen LogP) is 2.42. The molecule has 0 bridgehead atoms. The minimum Gasteiger partial charge on any atom is -0.365 e. The molecule has 1 rings (SSSR count). The van der Waals surface area contributed by atoms with Crippen LogP contribution in [-0.4, -0.2) is 12.2 Å². The highest BCUT2D eigenvalue weighted by Crippen LogP contribution is 2.29. The van der Waals surface area contributed by atoms with Crippen LogP contribution >= 0.6 is 23.4 Å². The lowest BCUT2D eigenvalue weighted by atomic mass is 10.1. The molecule has 0 aliphatic heterocycles. The molecule has 2 N–H and O–H groups in total. The van der Waals surface area contributed by atoms with Crippen LogP contribution in [0, 0.1) is 11.3 Å². The number of hydrogen-bond donors (Lipinski definition) is 1. The molecule has 1 amide bonds. The minimum absolute atomic E-state index is 0.0326. The lowest BCUT2D eigenvalue weighted by molar-refractivity contribution is -0.114. The Hall–Kier alpha value is -1.44. The Morgan fingerprint density at radius 3 is 2.38 bits per heavy atom. The summed E-state index contributed by atoms with van der Waals surface area (Å²) in [5.41, 5.74) is 5.86. The van der Waals surface area contributed by atoms with Gasteiger partial charge in [-0.1, -0.05) is 23.7 Å². The largest absolute Gasteiger partial charge is 0.365 e. The summed E-state index contributed by atoms with van der Waals surface area (Å²) in [5, 5.41) is 9.46. The summed E-state index contributed by atoms with van der Waals surface area (Å²) in [6.07, 6.45) is 1.78. The van der Waals surface area contributed by atoms with Crippen LogP contribution in [0.5, 0.6) is 0 Å². The van der Waals surface area contributed by atoms with Crippen molar-refractivity contribution in [3.63, 3.8) is 0 Å². The van der Waals surface area contributed by atoms with E-state index in [4.69, 9.17) is 22.6 Å². The zero-order chi connectivity index (χ0) is 12.1. The number of hydrogen-bond acceptors (Lipinski definition) is 3. The van der Waals surface area contributed by atoms with E-state index in [1.54, 1.807) is 30.5 Å². The van der Waals surface area contributed by atoms with Gasteiger partial charge in [0.1, 0.15) is 11.6 Å². The second kappa shape index (κ2) is 5.59. The lowest BCUT2D eigenvalue weighted by Crippen LogP contribution is -2.13. The van der Waals surface area contributed by atoms with E-state index >= 15 is 0 Å². The average molecular weight is 253 g/mol. The maximum Gasteiger partial charge on any atom is 0.260 e. The van der Waals surface area contributed by atoms with Crippen molar-refractivity contribution in [1.82, 2.24) is 0 Å². The minimum atomic E-state index is -0.721. The normalized spacial score (nSPS) is 11.6. The highest BCUT2D eigenvalue weighted by Gasteiger charge is 2.13. The molecule has 0 heterocycles. The van der Waals surface area contributed by atoms with Crippen molar-refractivity contribution >= 4 is 34.2 Å². The summed E-state index contributed by atoms with van der Waals surface area (Å²) in [4.78, 5) is 11.6. The van der Waals surface area contributed by atoms with Crippen LogP contribution in [-0.2, 0) is 4.79 Å². The van der Waals surface area contributed by atoms with E-state index < -0.39 is 5.91 Å². The van der Waals surface area contributed by atoms with Gasteiger partial charge in [-0.2, -0.15) is 5.26 Å². The van der Waals surface area contributed by atoms with Crippen molar-refractivity contribution in [1.29, 1.82) is 5.26 Å². The number of rotatable bonds is 3. The second-order valence-electron chi connectivity index (χ2n) is 2.89. The van der Waals surface area contributed by atoms with E-state index in [1.807, 2.05) is 6.07 Å². The van der Waals surface area contributed by atoms with Gasteiger partial charge >= 0.3 is 0 Å². The number of primary amides is 1. The molecule has 0 fully saturated rings. The molecule has 0 aliphatic rings. The zero-order valence-corrected chi connectivity index (χ0v) is 10.1. The quantitative estimate of drug-likeness (QED) is 0.664. The van der Waals surface area contributed by atoms with Crippen LogP contribution < -0.4 is 5.73 Å². The van der Waals surface area contributed by atoms with Crippen LogP contribution in [0.25, 0.3) is 4.91 Å². The lowest BCUT2D eigenvalue weighted by Gasteiger charge is -2.06. The van der Waals surface area contributed by atoms with Crippen molar-refractivity contribution in [2.45, 2.75) is 0 Å². The highest BCUT2D eigenvalue weighted by atomic mass is 35.5. The molecule has 0 unspecified atom stereocenters. The topological polar surface area (TPSA) is 66.9 Å². The number of nitriles is 1. The molecular formula is C11H9ClN2OS. The monoisotopic (exact) mass is 252 g/mol. The summed E-state index contributed by atoms with van der Waals surface area (Å²) in [6, 6.07) is 8.70. The second-order valence-corrected chi connectivity index (χ2v) is 4.14. The molecule has 0 atom stereocenters. The van der Waals surface area contributed by atoms with Crippen LogP contribution in [0.15, 0.2) is 29.8 Å². The number of amides is 1. The van der Waals surface area contributed by atoms with Crippen LogP contribution in [0.2, 0.25) is 5.02 Å². The third kappa shape index (κ3) is 2.78. The first-order chi connectivity index (χ1) is 7.60. The Balaban J connectivity index is 3.32. The first kappa shape index (κ1) is 12.6. The summed E-state index contributed by atoms with van der Waals surface area (Å²) >= 11 is 7.06. The third-order valence-electron chi connectivity index (χ3n) is 1.90. The fraction of sp³-hybridized carbons (Fsp3) is 0.0909. The number of nitrogens with two attached hydrogens (primary N) is 1. The average Bonchev–Trinajstić information content (AvgIpc) is 2.26. The number of carbonyl (C=O) groups excluding carboxylic acids is 1. The maximum absolute atomic E-state index is 11.1. The van der Waals surface area contributed by atoms with Crippen molar-refractivity contribution < 1.29 is 4.79 Å². The summed E-state index contributed by atoms with van der Waals surface area (Å²) in [6.45, 7) is 0. The van der Waals surface area contributed by atoms with Crippen LogP contribution in [0.4, 0.5) is 0 Å². The number of nitrogens with zero attached hydrogens (tertiary/aromatic N) is 1. The molecule has 82 valence electrons. The molecule has 5 heteroatoms. The fourth-order valence-electron chi connectivity index (χ4n) is 1.18. The van der Waals surface area contributed by atoms with Gasteiger partial charge in [-0.3, -0.25) is 4.79 Å². The van der Waals surface area contributed by atoms with Crippen molar-refractivity contribution in [2.75, 3.05) is 6.26 Å². The van der Waals surface area contributed by atoms with Gasteiger partial charge in [0.2, 0.25) is 0 Å². The molecule has 1 aromatic rings. The van der Waals surface area contributed by atoms with Crippen LogP contribution in [0.3, 0.4) is 0 Å². The Kier molecular flexibility index (Phi) is 4.41. The molecule has 0 saturated heterocycles.